The monoisotopic (exact) mass is 327 g/mol. The Morgan fingerprint density at radius 2 is 2.22 bits per heavy atom. The van der Waals surface area contributed by atoms with Gasteiger partial charge in [-0.2, -0.15) is 0 Å². The third kappa shape index (κ3) is 2.91. The first-order chi connectivity index (χ1) is 11.1. The van der Waals surface area contributed by atoms with Crippen molar-refractivity contribution >= 4 is 39.7 Å². The van der Waals surface area contributed by atoms with Crippen LogP contribution in [0, 0.1) is 6.92 Å². The number of aryl methyl sites for hydroxylation is 1. The molecule has 0 spiro atoms. The van der Waals surface area contributed by atoms with Crippen molar-refractivity contribution in [2.45, 2.75) is 6.92 Å². The van der Waals surface area contributed by atoms with Gasteiger partial charge in [0.1, 0.15) is 15.5 Å². The van der Waals surface area contributed by atoms with Gasteiger partial charge in [0.2, 0.25) is 0 Å². The molecule has 0 atom stereocenters. The van der Waals surface area contributed by atoms with E-state index >= 15 is 0 Å². The van der Waals surface area contributed by atoms with E-state index in [-0.39, 0.29) is 5.56 Å². The third-order valence-corrected chi connectivity index (χ3v) is 4.47. The number of carbonyl (C=O) groups excluding carboxylic acids is 1. The molecule has 116 valence electrons. The van der Waals surface area contributed by atoms with Gasteiger partial charge in [-0.3, -0.25) is 9.78 Å². The number of esters is 1. The van der Waals surface area contributed by atoms with Crippen molar-refractivity contribution in [2.24, 2.45) is 0 Å². The quantitative estimate of drug-likeness (QED) is 0.748. The Balaban J connectivity index is 2.06. The molecule has 0 amide bonds. The van der Waals surface area contributed by atoms with Crippen molar-refractivity contribution in [1.82, 2.24) is 15.0 Å². The maximum atomic E-state index is 12.3. The number of hydrogen-bond donors (Lipinski definition) is 1. The highest BCUT2D eigenvalue weighted by Gasteiger charge is 2.19. The zero-order valence-corrected chi connectivity index (χ0v) is 13.3. The normalized spacial score (nSPS) is 11.2. The number of aromatic nitrogens is 3. The maximum absolute atomic E-state index is 12.3. The second kappa shape index (κ2) is 6.13. The van der Waals surface area contributed by atoms with Gasteiger partial charge in [-0.05, 0) is 36.3 Å². The van der Waals surface area contributed by atoms with Crippen molar-refractivity contribution in [3.63, 3.8) is 0 Å². The van der Waals surface area contributed by atoms with Gasteiger partial charge in [0, 0.05) is 12.4 Å². The molecule has 0 radical (unpaired) electrons. The number of nitrogens with zero attached hydrogens (tertiary/aromatic N) is 2. The molecular weight excluding hydrogens is 314 g/mol. The Labute approximate surface area is 135 Å². The average molecular weight is 327 g/mol. The summed E-state index contributed by atoms with van der Waals surface area (Å²) in [5.41, 5.74) is 1.21. The number of pyridine rings is 1. The highest BCUT2D eigenvalue weighted by molar-refractivity contribution is 7.20. The number of carbonyl (C=O) groups is 1. The lowest BCUT2D eigenvalue weighted by Crippen LogP contribution is -2.09. The molecule has 0 bridgehead atoms. The Morgan fingerprint density at radius 3 is 2.91 bits per heavy atom. The molecule has 0 aliphatic carbocycles. The standard InChI is InChI=1S/C16H13N3O3S/c1-9-12-14(20)18-11(6-5-10-4-3-7-17-8-10)19-15(12)23-13(9)16(21)22-2/h3-8H,1-2H3,(H,18,19,20)/b6-5+. The molecule has 1 N–H and O–H groups in total. The predicted octanol–water partition coefficient (Wildman–Crippen LogP) is 2.65. The zero-order valence-electron chi connectivity index (χ0n) is 12.5. The van der Waals surface area contributed by atoms with E-state index in [2.05, 4.69) is 15.0 Å². The smallest absolute Gasteiger partial charge is 0.348 e. The predicted molar refractivity (Wildman–Crippen MR) is 89.5 cm³/mol. The zero-order chi connectivity index (χ0) is 16.4. The van der Waals surface area contributed by atoms with Gasteiger partial charge in [0.15, 0.2) is 0 Å². The first-order valence-corrected chi connectivity index (χ1v) is 7.61. The molecular formula is C16H13N3O3S. The van der Waals surface area contributed by atoms with E-state index in [0.29, 0.717) is 26.5 Å². The van der Waals surface area contributed by atoms with Crippen LogP contribution in [0.4, 0.5) is 0 Å². The first kappa shape index (κ1) is 15.1. The van der Waals surface area contributed by atoms with Crippen LogP contribution in [0.1, 0.15) is 26.6 Å². The minimum Gasteiger partial charge on any atom is -0.465 e. The van der Waals surface area contributed by atoms with Crippen molar-refractivity contribution in [3.05, 3.63) is 56.7 Å². The van der Waals surface area contributed by atoms with Crippen LogP contribution >= 0.6 is 11.3 Å². The summed E-state index contributed by atoms with van der Waals surface area (Å²) in [4.78, 5) is 36.0. The Bertz CT molecular complexity index is 958. The second-order valence-corrected chi connectivity index (χ2v) is 5.80. The van der Waals surface area contributed by atoms with Crippen LogP contribution in [0.2, 0.25) is 0 Å². The van der Waals surface area contributed by atoms with E-state index in [1.807, 2.05) is 12.1 Å². The topological polar surface area (TPSA) is 84.9 Å². The SMILES string of the molecule is COC(=O)c1sc2nc(/C=C/c3cccnc3)[nH]c(=O)c2c1C. The van der Waals surface area contributed by atoms with E-state index in [4.69, 9.17) is 4.74 Å². The fourth-order valence-corrected chi connectivity index (χ4v) is 3.28. The molecule has 0 fully saturated rings. The summed E-state index contributed by atoms with van der Waals surface area (Å²) in [7, 11) is 1.31. The summed E-state index contributed by atoms with van der Waals surface area (Å²) >= 11 is 1.15. The number of aromatic amines is 1. The van der Waals surface area contributed by atoms with Gasteiger partial charge in [-0.25, -0.2) is 9.78 Å². The molecule has 0 saturated heterocycles. The summed E-state index contributed by atoms with van der Waals surface area (Å²) < 4.78 is 4.73. The number of hydrogen-bond acceptors (Lipinski definition) is 6. The lowest BCUT2D eigenvalue weighted by molar-refractivity contribution is 0.0605. The molecule has 0 aromatic carbocycles. The largest absolute Gasteiger partial charge is 0.465 e. The summed E-state index contributed by atoms with van der Waals surface area (Å²) in [6, 6.07) is 3.72. The highest BCUT2D eigenvalue weighted by atomic mass is 32.1. The molecule has 0 unspecified atom stereocenters. The molecule has 3 aromatic rings. The van der Waals surface area contributed by atoms with Crippen LogP contribution in [-0.2, 0) is 4.74 Å². The van der Waals surface area contributed by atoms with E-state index in [1.165, 1.54) is 7.11 Å². The number of H-pyrrole nitrogens is 1. The summed E-state index contributed by atoms with van der Waals surface area (Å²) in [6.07, 6.45) is 6.90. The Hall–Kier alpha value is -2.80. The number of ether oxygens (including phenoxy) is 1. The number of methoxy groups -OCH3 is 1. The van der Waals surface area contributed by atoms with Crippen LogP contribution in [0.25, 0.3) is 22.4 Å². The van der Waals surface area contributed by atoms with Crippen molar-refractivity contribution in [3.8, 4) is 0 Å². The number of rotatable bonds is 3. The second-order valence-electron chi connectivity index (χ2n) is 4.80. The van der Waals surface area contributed by atoms with Crippen molar-refractivity contribution in [2.75, 3.05) is 7.11 Å². The van der Waals surface area contributed by atoms with Gasteiger partial charge in [0.05, 0.1) is 12.5 Å². The average Bonchev–Trinajstić information content (AvgIpc) is 2.90. The molecule has 0 aliphatic rings. The Morgan fingerprint density at radius 1 is 1.39 bits per heavy atom. The fraction of sp³-hybridized carbons (Fsp3) is 0.125. The van der Waals surface area contributed by atoms with E-state index in [9.17, 15) is 9.59 Å². The van der Waals surface area contributed by atoms with E-state index in [1.54, 1.807) is 31.5 Å². The van der Waals surface area contributed by atoms with Crippen LogP contribution < -0.4 is 5.56 Å². The Kier molecular flexibility index (Phi) is 4.03. The number of fused-ring (bicyclic) bond motifs is 1. The molecule has 0 aliphatic heterocycles. The molecule has 3 aromatic heterocycles. The van der Waals surface area contributed by atoms with Gasteiger partial charge in [-0.15, -0.1) is 11.3 Å². The number of nitrogens with one attached hydrogen (secondary N) is 1. The molecule has 0 saturated carbocycles. The maximum Gasteiger partial charge on any atom is 0.348 e. The van der Waals surface area contributed by atoms with Crippen molar-refractivity contribution < 1.29 is 9.53 Å². The van der Waals surface area contributed by atoms with Gasteiger partial charge < -0.3 is 9.72 Å². The van der Waals surface area contributed by atoms with Crippen LogP contribution in [0.5, 0.6) is 0 Å². The third-order valence-electron chi connectivity index (χ3n) is 3.31. The fourth-order valence-electron chi connectivity index (χ4n) is 2.18. The summed E-state index contributed by atoms with van der Waals surface area (Å²) in [5, 5.41) is 0.425. The van der Waals surface area contributed by atoms with E-state index in [0.717, 1.165) is 16.9 Å². The van der Waals surface area contributed by atoms with Crippen LogP contribution in [-0.4, -0.2) is 28.0 Å². The van der Waals surface area contributed by atoms with Gasteiger partial charge in [0.25, 0.3) is 5.56 Å². The summed E-state index contributed by atoms with van der Waals surface area (Å²) in [6.45, 7) is 1.72. The lowest BCUT2D eigenvalue weighted by atomic mass is 10.2. The molecule has 7 heteroatoms. The van der Waals surface area contributed by atoms with Crippen LogP contribution in [0.3, 0.4) is 0 Å². The molecule has 3 heterocycles. The van der Waals surface area contributed by atoms with Crippen LogP contribution in [0.15, 0.2) is 29.3 Å². The van der Waals surface area contributed by atoms with Gasteiger partial charge >= 0.3 is 5.97 Å². The molecule has 23 heavy (non-hydrogen) atoms. The lowest BCUT2D eigenvalue weighted by Gasteiger charge is -1.96. The first-order valence-electron chi connectivity index (χ1n) is 6.80. The van der Waals surface area contributed by atoms with E-state index < -0.39 is 5.97 Å². The summed E-state index contributed by atoms with van der Waals surface area (Å²) in [5.74, 6) is -0.0404. The highest BCUT2D eigenvalue weighted by Crippen LogP contribution is 2.27. The molecule has 3 rings (SSSR count). The minimum absolute atomic E-state index is 0.273. The molecule has 6 nitrogen and oxygen atoms in total. The van der Waals surface area contributed by atoms with Crippen molar-refractivity contribution in [1.29, 1.82) is 0 Å². The minimum atomic E-state index is -0.461. The number of thiophene rings is 1. The van der Waals surface area contributed by atoms with Gasteiger partial charge in [-0.1, -0.05) is 6.07 Å².